The van der Waals surface area contributed by atoms with Crippen molar-refractivity contribution in [3.8, 4) is 5.75 Å². The van der Waals surface area contributed by atoms with Gasteiger partial charge in [-0.3, -0.25) is 9.59 Å². The highest BCUT2D eigenvalue weighted by Crippen LogP contribution is 2.16. The van der Waals surface area contributed by atoms with Crippen LogP contribution in [0.1, 0.15) is 17.5 Å². The molecular formula is C14H13NO4. The number of nitrogens with one attached hydrogen (secondary N) is 1. The van der Waals surface area contributed by atoms with Gasteiger partial charge in [-0.1, -0.05) is 0 Å². The Morgan fingerprint density at radius 1 is 1.21 bits per heavy atom. The van der Waals surface area contributed by atoms with E-state index in [9.17, 15) is 9.59 Å². The molecule has 0 aliphatic carbocycles. The molecule has 0 atom stereocenters. The Bertz CT molecular complexity index is 558. The third kappa shape index (κ3) is 3.70. The third-order valence-electron chi connectivity index (χ3n) is 2.34. The average Bonchev–Trinajstić information content (AvgIpc) is 2.91. The quantitative estimate of drug-likeness (QED) is 0.837. The van der Waals surface area contributed by atoms with Gasteiger partial charge >= 0.3 is 0 Å². The fraction of sp³-hybridized carbons (Fsp3) is 0.143. The summed E-state index contributed by atoms with van der Waals surface area (Å²) in [7, 11) is 0. The maximum Gasteiger partial charge on any atom is 0.235 e. The van der Waals surface area contributed by atoms with E-state index >= 15 is 0 Å². The fourth-order valence-electron chi connectivity index (χ4n) is 1.49. The van der Waals surface area contributed by atoms with Gasteiger partial charge in [-0.25, -0.2) is 0 Å². The van der Waals surface area contributed by atoms with Gasteiger partial charge in [0.25, 0.3) is 0 Å². The number of hydrogen-bond acceptors (Lipinski definition) is 4. The molecule has 0 bridgehead atoms. The zero-order valence-electron chi connectivity index (χ0n) is 10.4. The van der Waals surface area contributed by atoms with Gasteiger partial charge in [-0.15, -0.1) is 0 Å². The Kier molecular flexibility index (Phi) is 3.97. The SMILES string of the molecule is CC(=O)Nc1ccc(OCC(=O)c2ccco2)cc1. The Morgan fingerprint density at radius 3 is 2.53 bits per heavy atom. The predicted octanol–water partition coefficient (Wildman–Crippen LogP) is 2.50. The third-order valence-corrected chi connectivity index (χ3v) is 2.34. The lowest BCUT2D eigenvalue weighted by Gasteiger charge is -2.06. The molecule has 98 valence electrons. The lowest BCUT2D eigenvalue weighted by Crippen LogP contribution is -2.10. The fourth-order valence-corrected chi connectivity index (χ4v) is 1.49. The number of ketones is 1. The van der Waals surface area contributed by atoms with Gasteiger partial charge in [0.1, 0.15) is 5.75 Å². The van der Waals surface area contributed by atoms with Crippen LogP contribution in [0.5, 0.6) is 5.75 Å². The molecule has 0 saturated heterocycles. The first-order chi connectivity index (χ1) is 9.15. The molecule has 0 fully saturated rings. The van der Waals surface area contributed by atoms with E-state index in [-0.39, 0.29) is 24.1 Å². The van der Waals surface area contributed by atoms with Gasteiger partial charge in [0, 0.05) is 12.6 Å². The molecule has 19 heavy (non-hydrogen) atoms. The maximum atomic E-state index is 11.6. The zero-order valence-corrected chi connectivity index (χ0v) is 10.4. The van der Waals surface area contributed by atoms with Crippen molar-refractivity contribution >= 4 is 17.4 Å². The van der Waals surface area contributed by atoms with E-state index in [2.05, 4.69) is 5.32 Å². The first-order valence-electron chi connectivity index (χ1n) is 5.72. The van der Waals surface area contributed by atoms with Crippen LogP contribution in [-0.4, -0.2) is 18.3 Å². The molecule has 2 aromatic rings. The van der Waals surface area contributed by atoms with Crippen molar-refractivity contribution in [1.29, 1.82) is 0 Å². The molecule has 0 saturated carbocycles. The van der Waals surface area contributed by atoms with Crippen molar-refractivity contribution < 1.29 is 18.7 Å². The summed E-state index contributed by atoms with van der Waals surface area (Å²) in [6.45, 7) is 1.35. The van der Waals surface area contributed by atoms with Crippen molar-refractivity contribution in [3.05, 3.63) is 48.4 Å². The molecular weight excluding hydrogens is 246 g/mol. The van der Waals surface area contributed by atoms with Crippen LogP contribution in [0.15, 0.2) is 47.1 Å². The van der Waals surface area contributed by atoms with Gasteiger partial charge in [0.15, 0.2) is 12.4 Å². The zero-order chi connectivity index (χ0) is 13.7. The van der Waals surface area contributed by atoms with Crippen LogP contribution in [0.25, 0.3) is 0 Å². The Hall–Kier alpha value is -2.56. The van der Waals surface area contributed by atoms with Crippen molar-refractivity contribution in [3.63, 3.8) is 0 Å². The summed E-state index contributed by atoms with van der Waals surface area (Å²) >= 11 is 0. The van der Waals surface area contributed by atoms with Crippen LogP contribution in [0, 0.1) is 0 Å². The van der Waals surface area contributed by atoms with Gasteiger partial charge in [0.2, 0.25) is 11.7 Å². The van der Waals surface area contributed by atoms with Crippen LogP contribution in [0.3, 0.4) is 0 Å². The molecule has 1 amide bonds. The summed E-state index contributed by atoms with van der Waals surface area (Å²) in [4.78, 5) is 22.5. The molecule has 1 aromatic heterocycles. The van der Waals surface area contributed by atoms with E-state index < -0.39 is 0 Å². The van der Waals surface area contributed by atoms with E-state index in [0.29, 0.717) is 11.4 Å². The number of Topliss-reactive ketones (excluding diaryl/α,β-unsaturated/α-hetero) is 1. The number of carbonyl (C=O) groups excluding carboxylic acids is 2. The van der Waals surface area contributed by atoms with Gasteiger partial charge in [-0.2, -0.15) is 0 Å². The summed E-state index contributed by atoms with van der Waals surface area (Å²) in [6.07, 6.45) is 1.44. The number of amides is 1. The number of benzene rings is 1. The second kappa shape index (κ2) is 5.86. The predicted molar refractivity (Wildman–Crippen MR) is 69.3 cm³/mol. The lowest BCUT2D eigenvalue weighted by molar-refractivity contribution is -0.114. The molecule has 5 heteroatoms. The van der Waals surface area contributed by atoms with E-state index in [1.54, 1.807) is 36.4 Å². The normalized spacial score (nSPS) is 9.95. The van der Waals surface area contributed by atoms with Crippen molar-refractivity contribution in [1.82, 2.24) is 0 Å². The average molecular weight is 259 g/mol. The molecule has 0 unspecified atom stereocenters. The Labute approximate surface area is 110 Å². The minimum atomic E-state index is -0.226. The van der Waals surface area contributed by atoms with Crippen molar-refractivity contribution in [2.45, 2.75) is 6.92 Å². The highest BCUT2D eigenvalue weighted by molar-refractivity contribution is 5.94. The summed E-state index contributed by atoms with van der Waals surface area (Å²) in [5, 5.41) is 2.64. The molecule has 1 heterocycles. The lowest BCUT2D eigenvalue weighted by atomic mass is 10.3. The van der Waals surface area contributed by atoms with Crippen LogP contribution in [0.2, 0.25) is 0 Å². The molecule has 0 aliphatic rings. The highest BCUT2D eigenvalue weighted by Gasteiger charge is 2.09. The first-order valence-corrected chi connectivity index (χ1v) is 5.72. The second-order valence-electron chi connectivity index (χ2n) is 3.89. The Balaban J connectivity index is 1.89. The van der Waals surface area contributed by atoms with E-state index in [4.69, 9.17) is 9.15 Å². The summed E-state index contributed by atoms with van der Waals surface area (Å²) in [5.41, 5.74) is 0.678. The van der Waals surface area contributed by atoms with E-state index in [0.717, 1.165) is 0 Å². The minimum absolute atomic E-state index is 0.0903. The molecule has 5 nitrogen and oxygen atoms in total. The minimum Gasteiger partial charge on any atom is -0.485 e. The maximum absolute atomic E-state index is 11.6. The highest BCUT2D eigenvalue weighted by atomic mass is 16.5. The van der Waals surface area contributed by atoms with Crippen LogP contribution in [0.4, 0.5) is 5.69 Å². The first kappa shape index (κ1) is 12.9. The number of ether oxygens (including phenoxy) is 1. The van der Waals surface area contributed by atoms with Crippen LogP contribution >= 0.6 is 0 Å². The van der Waals surface area contributed by atoms with Gasteiger partial charge < -0.3 is 14.5 Å². The number of anilines is 1. The monoisotopic (exact) mass is 259 g/mol. The van der Waals surface area contributed by atoms with E-state index in [1.807, 2.05) is 0 Å². The van der Waals surface area contributed by atoms with Crippen LogP contribution < -0.4 is 10.1 Å². The van der Waals surface area contributed by atoms with Crippen molar-refractivity contribution in [2.75, 3.05) is 11.9 Å². The molecule has 0 aliphatic heterocycles. The van der Waals surface area contributed by atoms with Crippen molar-refractivity contribution in [2.24, 2.45) is 0 Å². The van der Waals surface area contributed by atoms with Crippen LogP contribution in [-0.2, 0) is 4.79 Å². The number of furan rings is 1. The van der Waals surface area contributed by atoms with Gasteiger partial charge in [0.05, 0.1) is 6.26 Å². The molecule has 0 radical (unpaired) electrons. The Morgan fingerprint density at radius 2 is 1.95 bits per heavy atom. The standard InChI is InChI=1S/C14H13NO4/c1-10(16)15-11-4-6-12(7-5-11)19-9-13(17)14-3-2-8-18-14/h2-8H,9H2,1H3,(H,15,16). The second-order valence-corrected chi connectivity index (χ2v) is 3.89. The molecule has 1 aromatic carbocycles. The summed E-state index contributed by atoms with van der Waals surface area (Å²) in [5.74, 6) is 0.460. The molecule has 0 spiro atoms. The largest absolute Gasteiger partial charge is 0.485 e. The smallest absolute Gasteiger partial charge is 0.235 e. The number of carbonyl (C=O) groups is 2. The topological polar surface area (TPSA) is 68.5 Å². The van der Waals surface area contributed by atoms with Gasteiger partial charge in [-0.05, 0) is 36.4 Å². The molecule has 1 N–H and O–H groups in total. The number of rotatable bonds is 5. The summed E-state index contributed by atoms with van der Waals surface area (Å²) in [6, 6.07) is 10.0. The summed E-state index contributed by atoms with van der Waals surface area (Å²) < 4.78 is 10.3. The molecule has 2 rings (SSSR count). The number of hydrogen-bond donors (Lipinski definition) is 1. The van der Waals surface area contributed by atoms with E-state index in [1.165, 1.54) is 13.2 Å².